The fraction of sp³-hybridized carbons (Fsp3) is 0.300. The number of benzene rings is 1. The van der Waals surface area contributed by atoms with E-state index in [0.717, 1.165) is 0 Å². The van der Waals surface area contributed by atoms with Crippen molar-refractivity contribution in [3.8, 4) is 5.75 Å². The Morgan fingerprint density at radius 2 is 2.06 bits per heavy atom. The second-order valence-corrected chi connectivity index (χ2v) is 4.13. The summed E-state index contributed by atoms with van der Waals surface area (Å²) in [5.74, 6) is 0.197. The highest BCUT2D eigenvalue weighted by atomic mass is 35.5. The second-order valence-electron chi connectivity index (χ2n) is 3.35. The quantitative estimate of drug-likeness (QED) is 0.796. The van der Waals surface area contributed by atoms with Crippen LogP contribution in [0.3, 0.4) is 0 Å². The van der Waals surface area contributed by atoms with Crippen molar-refractivity contribution >= 4 is 41.4 Å². The highest BCUT2D eigenvalue weighted by molar-refractivity contribution is 6.43. The van der Waals surface area contributed by atoms with Crippen LogP contribution < -0.4 is 10.5 Å². The molecule has 0 amide bonds. The van der Waals surface area contributed by atoms with Crippen molar-refractivity contribution in [2.75, 3.05) is 6.61 Å². The summed E-state index contributed by atoms with van der Waals surface area (Å²) in [5, 5.41) is 0.648. The van der Waals surface area contributed by atoms with E-state index in [1.807, 2.05) is 0 Å². The molecular formula is C10H10Cl3NO2. The molecule has 2 N–H and O–H groups in total. The first-order valence-corrected chi connectivity index (χ1v) is 5.27. The maximum Gasteiger partial charge on any atom is 0.183 e. The highest BCUT2D eigenvalue weighted by Crippen LogP contribution is 2.37. The van der Waals surface area contributed by atoms with E-state index in [1.165, 1.54) is 0 Å². The van der Waals surface area contributed by atoms with E-state index in [2.05, 4.69) is 0 Å². The lowest BCUT2D eigenvalue weighted by molar-refractivity contribution is 0.0960. The van der Waals surface area contributed by atoms with Gasteiger partial charge in [-0.1, -0.05) is 23.2 Å². The Bertz CT molecular complexity index is 423. The Hall–Kier alpha value is -0.480. The van der Waals surface area contributed by atoms with Crippen LogP contribution in [0, 0.1) is 0 Å². The second kappa shape index (κ2) is 5.23. The van der Waals surface area contributed by atoms with E-state index in [9.17, 15) is 4.79 Å². The van der Waals surface area contributed by atoms with Crippen LogP contribution in [0.15, 0.2) is 12.1 Å². The smallest absolute Gasteiger partial charge is 0.183 e. The van der Waals surface area contributed by atoms with Gasteiger partial charge in [0.25, 0.3) is 0 Å². The molecule has 1 aromatic carbocycles. The number of halogens is 3. The standard InChI is InChI=1S/C10H9Cl2NO2.ClH/c11-6-2-1-5-9(14)7(13)3-4-15-10(5)8(6)12;/h1-2,7H,3-4,13H2;1H. The third kappa shape index (κ3) is 2.28. The molecular weight excluding hydrogens is 272 g/mol. The van der Waals surface area contributed by atoms with E-state index in [1.54, 1.807) is 12.1 Å². The molecule has 1 unspecified atom stereocenters. The van der Waals surface area contributed by atoms with Crippen LogP contribution in [0.25, 0.3) is 0 Å². The van der Waals surface area contributed by atoms with Crippen molar-refractivity contribution in [1.29, 1.82) is 0 Å². The summed E-state index contributed by atoms with van der Waals surface area (Å²) in [6, 6.07) is 2.64. The number of Topliss-reactive ketones (excluding diaryl/α,β-unsaturated/α-hetero) is 1. The molecule has 6 heteroatoms. The first-order valence-electron chi connectivity index (χ1n) is 4.52. The lowest BCUT2D eigenvalue weighted by atomic mass is 10.0. The zero-order chi connectivity index (χ0) is 11.0. The van der Waals surface area contributed by atoms with Crippen LogP contribution in [0.5, 0.6) is 5.75 Å². The minimum absolute atomic E-state index is 0. The maximum absolute atomic E-state index is 11.8. The summed E-state index contributed by atoms with van der Waals surface area (Å²) in [4.78, 5) is 11.8. The summed E-state index contributed by atoms with van der Waals surface area (Å²) in [5.41, 5.74) is 6.09. The van der Waals surface area contributed by atoms with E-state index < -0.39 is 6.04 Å². The normalized spacial score (nSPS) is 19.2. The first kappa shape index (κ1) is 13.6. The van der Waals surface area contributed by atoms with Crippen LogP contribution in [0.4, 0.5) is 0 Å². The molecule has 0 aliphatic carbocycles. The summed E-state index contributed by atoms with van der Waals surface area (Å²) >= 11 is 11.8. The van der Waals surface area contributed by atoms with Gasteiger partial charge in [-0.2, -0.15) is 0 Å². The lowest BCUT2D eigenvalue weighted by Gasteiger charge is -2.09. The number of hydrogen-bond acceptors (Lipinski definition) is 3. The molecule has 2 rings (SSSR count). The molecule has 1 aliphatic heterocycles. The molecule has 1 atom stereocenters. The minimum Gasteiger partial charge on any atom is -0.491 e. The molecule has 0 radical (unpaired) electrons. The van der Waals surface area contributed by atoms with Gasteiger partial charge in [0.2, 0.25) is 0 Å². The van der Waals surface area contributed by atoms with Crippen molar-refractivity contribution in [2.24, 2.45) is 5.73 Å². The molecule has 0 saturated carbocycles. The average molecular weight is 283 g/mol. The number of carbonyl (C=O) groups excluding carboxylic acids is 1. The lowest BCUT2D eigenvalue weighted by Crippen LogP contribution is -2.30. The fourth-order valence-corrected chi connectivity index (χ4v) is 1.85. The predicted molar refractivity (Wildman–Crippen MR) is 66.1 cm³/mol. The molecule has 0 aromatic heterocycles. The molecule has 0 fully saturated rings. The van der Waals surface area contributed by atoms with Crippen molar-refractivity contribution in [3.63, 3.8) is 0 Å². The topological polar surface area (TPSA) is 52.3 Å². The van der Waals surface area contributed by atoms with E-state index in [-0.39, 0.29) is 23.2 Å². The number of hydrogen-bond donors (Lipinski definition) is 1. The molecule has 88 valence electrons. The van der Waals surface area contributed by atoms with Gasteiger partial charge in [-0.15, -0.1) is 12.4 Å². The van der Waals surface area contributed by atoms with E-state index in [0.29, 0.717) is 29.4 Å². The molecule has 0 bridgehead atoms. The molecule has 0 spiro atoms. The Labute approximate surface area is 109 Å². The average Bonchev–Trinajstić information content (AvgIpc) is 2.35. The van der Waals surface area contributed by atoms with Crippen molar-refractivity contribution < 1.29 is 9.53 Å². The summed E-state index contributed by atoms with van der Waals surface area (Å²) < 4.78 is 5.38. The molecule has 1 heterocycles. The maximum atomic E-state index is 11.8. The third-order valence-electron chi connectivity index (χ3n) is 2.33. The predicted octanol–water partition coefficient (Wildman–Crippen LogP) is 2.71. The SMILES string of the molecule is Cl.NC1CCOc2c(ccc(Cl)c2Cl)C1=O. The van der Waals surface area contributed by atoms with Gasteiger partial charge in [0.15, 0.2) is 5.78 Å². The number of fused-ring (bicyclic) bond motifs is 1. The first-order chi connectivity index (χ1) is 7.11. The third-order valence-corrected chi connectivity index (χ3v) is 3.11. The Kier molecular flexibility index (Phi) is 4.44. The van der Waals surface area contributed by atoms with Crippen LogP contribution in [-0.2, 0) is 0 Å². The number of rotatable bonds is 0. The van der Waals surface area contributed by atoms with Crippen molar-refractivity contribution in [2.45, 2.75) is 12.5 Å². The van der Waals surface area contributed by atoms with Crippen molar-refractivity contribution in [3.05, 3.63) is 27.7 Å². The number of ketones is 1. The summed E-state index contributed by atoms with van der Waals surface area (Å²) in [7, 11) is 0. The van der Waals surface area contributed by atoms with Gasteiger partial charge in [0.1, 0.15) is 10.8 Å². The minimum atomic E-state index is -0.525. The monoisotopic (exact) mass is 281 g/mol. The van der Waals surface area contributed by atoms with Gasteiger partial charge < -0.3 is 10.5 Å². The Morgan fingerprint density at radius 1 is 1.38 bits per heavy atom. The molecule has 16 heavy (non-hydrogen) atoms. The number of ether oxygens (including phenoxy) is 1. The summed E-state index contributed by atoms with van der Waals surface area (Å²) in [6.07, 6.45) is 0.488. The van der Waals surface area contributed by atoms with Gasteiger partial charge in [-0.3, -0.25) is 4.79 Å². The van der Waals surface area contributed by atoms with E-state index in [4.69, 9.17) is 33.7 Å². The van der Waals surface area contributed by atoms with Gasteiger partial charge in [0, 0.05) is 6.42 Å². The molecule has 3 nitrogen and oxygen atoms in total. The van der Waals surface area contributed by atoms with Crippen LogP contribution in [0.1, 0.15) is 16.8 Å². The zero-order valence-electron chi connectivity index (χ0n) is 8.20. The van der Waals surface area contributed by atoms with Gasteiger partial charge >= 0.3 is 0 Å². The molecule has 0 saturated heterocycles. The Morgan fingerprint density at radius 3 is 2.75 bits per heavy atom. The number of carbonyl (C=O) groups is 1. The fourth-order valence-electron chi connectivity index (χ4n) is 1.49. The highest BCUT2D eigenvalue weighted by Gasteiger charge is 2.25. The number of nitrogens with two attached hydrogens (primary N) is 1. The Balaban J connectivity index is 0.00000128. The molecule has 1 aliphatic rings. The van der Waals surface area contributed by atoms with Gasteiger partial charge in [-0.25, -0.2) is 0 Å². The van der Waals surface area contributed by atoms with Gasteiger partial charge in [-0.05, 0) is 12.1 Å². The van der Waals surface area contributed by atoms with E-state index >= 15 is 0 Å². The summed E-state index contributed by atoms with van der Waals surface area (Å²) in [6.45, 7) is 0.375. The largest absolute Gasteiger partial charge is 0.491 e. The van der Waals surface area contributed by atoms with Crippen LogP contribution in [0.2, 0.25) is 10.0 Å². The zero-order valence-corrected chi connectivity index (χ0v) is 10.5. The van der Waals surface area contributed by atoms with Crippen molar-refractivity contribution in [1.82, 2.24) is 0 Å². The van der Waals surface area contributed by atoms with Gasteiger partial charge in [0.05, 0.1) is 23.2 Å². The van der Waals surface area contributed by atoms with Crippen LogP contribution in [-0.4, -0.2) is 18.4 Å². The van der Waals surface area contributed by atoms with Crippen LogP contribution >= 0.6 is 35.6 Å². The molecule has 1 aromatic rings.